The van der Waals surface area contributed by atoms with E-state index in [4.69, 9.17) is 0 Å². The van der Waals surface area contributed by atoms with Gasteiger partial charge in [0.1, 0.15) is 6.04 Å². The lowest BCUT2D eigenvalue weighted by Gasteiger charge is -2.31. The minimum Gasteiger partial charge on any atom is -0.293 e. The molecule has 96 valence electrons. The standard InChI is InChI=1S/C13H18F3N/c1-3-17(4-2)12(13(14,15)16)10-11-8-6-5-7-9-11/h5-9,12H,3-4,10H2,1-2H3. The topological polar surface area (TPSA) is 3.24 Å². The molecule has 1 unspecified atom stereocenters. The van der Waals surface area contributed by atoms with Crippen LogP contribution in [0.5, 0.6) is 0 Å². The maximum atomic E-state index is 13.0. The first-order valence-corrected chi connectivity index (χ1v) is 5.83. The number of likely N-dealkylation sites (N-methyl/N-ethyl adjacent to an activating group) is 1. The highest BCUT2D eigenvalue weighted by Gasteiger charge is 2.42. The number of alkyl halides is 3. The van der Waals surface area contributed by atoms with Crippen LogP contribution in [0.15, 0.2) is 30.3 Å². The molecule has 1 aromatic carbocycles. The number of nitrogens with zero attached hydrogens (tertiary/aromatic N) is 1. The van der Waals surface area contributed by atoms with Crippen LogP contribution in [0, 0.1) is 0 Å². The summed E-state index contributed by atoms with van der Waals surface area (Å²) in [4.78, 5) is 1.45. The summed E-state index contributed by atoms with van der Waals surface area (Å²) in [7, 11) is 0. The van der Waals surface area contributed by atoms with Crippen molar-refractivity contribution >= 4 is 0 Å². The summed E-state index contributed by atoms with van der Waals surface area (Å²) in [5.74, 6) is 0. The van der Waals surface area contributed by atoms with Crippen molar-refractivity contribution < 1.29 is 13.2 Å². The van der Waals surface area contributed by atoms with Gasteiger partial charge in [-0.1, -0.05) is 44.2 Å². The Balaban J connectivity index is 2.85. The number of rotatable bonds is 5. The van der Waals surface area contributed by atoms with Crippen LogP contribution in [0.4, 0.5) is 13.2 Å². The molecule has 1 atom stereocenters. The molecule has 0 spiro atoms. The van der Waals surface area contributed by atoms with E-state index in [2.05, 4.69) is 0 Å². The van der Waals surface area contributed by atoms with Crippen molar-refractivity contribution in [2.45, 2.75) is 32.5 Å². The Morgan fingerprint density at radius 1 is 1.06 bits per heavy atom. The molecule has 0 fully saturated rings. The van der Waals surface area contributed by atoms with Gasteiger partial charge >= 0.3 is 6.18 Å². The van der Waals surface area contributed by atoms with E-state index >= 15 is 0 Å². The smallest absolute Gasteiger partial charge is 0.293 e. The third-order valence-electron chi connectivity index (χ3n) is 2.90. The first-order valence-electron chi connectivity index (χ1n) is 5.83. The summed E-state index contributed by atoms with van der Waals surface area (Å²) < 4.78 is 39.0. The fourth-order valence-electron chi connectivity index (χ4n) is 1.95. The Kier molecular flexibility index (Phi) is 5.00. The van der Waals surface area contributed by atoms with E-state index in [1.54, 1.807) is 38.1 Å². The summed E-state index contributed by atoms with van der Waals surface area (Å²) in [6.45, 7) is 4.33. The predicted molar refractivity (Wildman–Crippen MR) is 62.9 cm³/mol. The van der Waals surface area contributed by atoms with Crippen molar-refractivity contribution in [2.75, 3.05) is 13.1 Å². The summed E-state index contributed by atoms with van der Waals surface area (Å²) in [5.41, 5.74) is 0.724. The maximum Gasteiger partial charge on any atom is 0.404 e. The van der Waals surface area contributed by atoms with Crippen molar-refractivity contribution in [3.05, 3.63) is 35.9 Å². The third-order valence-corrected chi connectivity index (χ3v) is 2.90. The summed E-state index contributed by atoms with van der Waals surface area (Å²) >= 11 is 0. The zero-order valence-electron chi connectivity index (χ0n) is 10.2. The first-order chi connectivity index (χ1) is 7.99. The molecule has 0 aliphatic heterocycles. The molecule has 0 amide bonds. The summed E-state index contributed by atoms with van der Waals surface area (Å²) in [6.07, 6.45) is -4.16. The van der Waals surface area contributed by atoms with Gasteiger partial charge in [-0.05, 0) is 25.1 Å². The van der Waals surface area contributed by atoms with Gasteiger partial charge in [0.2, 0.25) is 0 Å². The Bertz CT molecular complexity index is 317. The van der Waals surface area contributed by atoms with E-state index in [1.807, 2.05) is 6.07 Å². The quantitative estimate of drug-likeness (QED) is 0.767. The van der Waals surface area contributed by atoms with E-state index in [-0.39, 0.29) is 6.42 Å². The molecule has 1 aromatic rings. The summed E-state index contributed by atoms with van der Waals surface area (Å²) in [6, 6.07) is 7.43. The average molecular weight is 245 g/mol. The molecule has 1 nitrogen and oxygen atoms in total. The van der Waals surface area contributed by atoms with Crippen LogP contribution in [-0.2, 0) is 6.42 Å². The molecule has 1 rings (SSSR count). The lowest BCUT2D eigenvalue weighted by molar-refractivity contribution is -0.182. The first kappa shape index (κ1) is 14.0. The molecule has 0 saturated heterocycles. The van der Waals surface area contributed by atoms with Crippen molar-refractivity contribution in [1.29, 1.82) is 0 Å². The summed E-state index contributed by atoms with van der Waals surface area (Å²) in [5, 5.41) is 0. The zero-order chi connectivity index (χ0) is 12.9. The van der Waals surface area contributed by atoms with Gasteiger partial charge in [-0.25, -0.2) is 0 Å². The van der Waals surface area contributed by atoms with Gasteiger partial charge in [0, 0.05) is 0 Å². The monoisotopic (exact) mass is 245 g/mol. The highest BCUT2D eigenvalue weighted by atomic mass is 19.4. The molecule has 0 radical (unpaired) electrons. The molecule has 0 aliphatic carbocycles. The van der Waals surface area contributed by atoms with Gasteiger partial charge < -0.3 is 0 Å². The Morgan fingerprint density at radius 2 is 1.59 bits per heavy atom. The second kappa shape index (κ2) is 6.05. The predicted octanol–water partition coefficient (Wildman–Crippen LogP) is 3.50. The van der Waals surface area contributed by atoms with Crippen LogP contribution >= 0.6 is 0 Å². The molecule has 0 aromatic heterocycles. The van der Waals surface area contributed by atoms with E-state index in [9.17, 15) is 13.2 Å². The second-order valence-electron chi connectivity index (χ2n) is 3.97. The minimum atomic E-state index is -4.18. The van der Waals surface area contributed by atoms with Crippen molar-refractivity contribution in [1.82, 2.24) is 4.90 Å². The van der Waals surface area contributed by atoms with Gasteiger partial charge in [-0.3, -0.25) is 4.90 Å². The SMILES string of the molecule is CCN(CC)C(Cc1ccccc1)C(F)(F)F. The van der Waals surface area contributed by atoms with Crippen molar-refractivity contribution in [2.24, 2.45) is 0 Å². The molecule has 0 aliphatic rings. The molecular formula is C13H18F3N. The lowest BCUT2D eigenvalue weighted by atomic mass is 10.0. The van der Waals surface area contributed by atoms with Crippen molar-refractivity contribution in [3.8, 4) is 0 Å². The van der Waals surface area contributed by atoms with Gasteiger partial charge in [0.15, 0.2) is 0 Å². The Hall–Kier alpha value is -1.03. The largest absolute Gasteiger partial charge is 0.404 e. The van der Waals surface area contributed by atoms with Crippen LogP contribution in [0.2, 0.25) is 0 Å². The van der Waals surface area contributed by atoms with Crippen LogP contribution in [-0.4, -0.2) is 30.2 Å². The van der Waals surface area contributed by atoms with E-state index in [0.29, 0.717) is 13.1 Å². The molecule has 0 bridgehead atoms. The number of hydrogen-bond donors (Lipinski definition) is 0. The number of hydrogen-bond acceptors (Lipinski definition) is 1. The van der Waals surface area contributed by atoms with Gasteiger partial charge in [-0.15, -0.1) is 0 Å². The lowest BCUT2D eigenvalue weighted by Crippen LogP contribution is -2.47. The van der Waals surface area contributed by atoms with Gasteiger partial charge in [0.25, 0.3) is 0 Å². The molecule has 0 N–H and O–H groups in total. The van der Waals surface area contributed by atoms with Crippen molar-refractivity contribution in [3.63, 3.8) is 0 Å². The highest BCUT2D eigenvalue weighted by molar-refractivity contribution is 5.16. The molecule has 0 heterocycles. The van der Waals surface area contributed by atoms with Crippen LogP contribution in [0.1, 0.15) is 19.4 Å². The molecule has 0 saturated carbocycles. The zero-order valence-corrected chi connectivity index (χ0v) is 10.2. The van der Waals surface area contributed by atoms with Crippen LogP contribution in [0.25, 0.3) is 0 Å². The fourth-order valence-corrected chi connectivity index (χ4v) is 1.95. The maximum absolute atomic E-state index is 13.0. The minimum absolute atomic E-state index is 0.0199. The Morgan fingerprint density at radius 3 is 2.00 bits per heavy atom. The van der Waals surface area contributed by atoms with E-state index in [0.717, 1.165) is 5.56 Å². The number of halogens is 3. The highest BCUT2D eigenvalue weighted by Crippen LogP contribution is 2.27. The third kappa shape index (κ3) is 4.04. The van der Waals surface area contributed by atoms with Gasteiger partial charge in [0.05, 0.1) is 0 Å². The molecule has 17 heavy (non-hydrogen) atoms. The average Bonchev–Trinajstić information content (AvgIpc) is 2.29. The second-order valence-corrected chi connectivity index (χ2v) is 3.97. The van der Waals surface area contributed by atoms with E-state index < -0.39 is 12.2 Å². The van der Waals surface area contributed by atoms with Gasteiger partial charge in [-0.2, -0.15) is 13.2 Å². The normalized spacial score (nSPS) is 14.0. The molecular weight excluding hydrogens is 227 g/mol. The molecule has 4 heteroatoms. The Labute approximate surface area is 100 Å². The fraction of sp³-hybridized carbons (Fsp3) is 0.538. The van der Waals surface area contributed by atoms with Crippen LogP contribution in [0.3, 0.4) is 0 Å². The number of benzene rings is 1. The van der Waals surface area contributed by atoms with E-state index in [1.165, 1.54) is 4.90 Å². The van der Waals surface area contributed by atoms with Crippen LogP contribution < -0.4 is 0 Å².